The predicted octanol–water partition coefficient (Wildman–Crippen LogP) is 5.07. The summed E-state index contributed by atoms with van der Waals surface area (Å²) < 4.78 is 11.1. The van der Waals surface area contributed by atoms with Crippen LogP contribution in [0.5, 0.6) is 0 Å². The molecule has 1 atom stereocenters. The lowest BCUT2D eigenvalue weighted by atomic mass is 9.98. The molecule has 28 heavy (non-hydrogen) atoms. The van der Waals surface area contributed by atoms with E-state index in [1.807, 2.05) is 49.4 Å². The maximum absolute atomic E-state index is 5.75. The molecule has 2 aromatic carbocycles. The van der Waals surface area contributed by atoms with Crippen molar-refractivity contribution in [1.82, 2.24) is 20.3 Å². The minimum atomic E-state index is 0.313. The van der Waals surface area contributed by atoms with Gasteiger partial charge < -0.3 is 8.94 Å². The largest absolute Gasteiger partial charge is 0.416 e. The molecule has 0 N–H and O–H groups in total. The van der Waals surface area contributed by atoms with Crippen molar-refractivity contribution in [1.29, 1.82) is 0 Å². The van der Waals surface area contributed by atoms with Gasteiger partial charge in [-0.15, -0.1) is 10.2 Å². The van der Waals surface area contributed by atoms with Crippen LogP contribution in [0, 0.1) is 6.92 Å². The lowest BCUT2D eigenvalue weighted by Crippen LogP contribution is -1.98. The summed E-state index contributed by atoms with van der Waals surface area (Å²) in [5.41, 5.74) is 3.38. The van der Waals surface area contributed by atoms with Crippen LogP contribution in [0.1, 0.15) is 35.7 Å². The van der Waals surface area contributed by atoms with E-state index in [-0.39, 0.29) is 0 Å². The summed E-state index contributed by atoms with van der Waals surface area (Å²) in [4.78, 5) is 4.43. The summed E-state index contributed by atoms with van der Waals surface area (Å²) in [6.45, 7) is 4.19. The van der Waals surface area contributed by atoms with Gasteiger partial charge in [0.2, 0.25) is 17.6 Å². The van der Waals surface area contributed by atoms with E-state index >= 15 is 0 Å². The van der Waals surface area contributed by atoms with Crippen molar-refractivity contribution in [3.63, 3.8) is 0 Å². The van der Waals surface area contributed by atoms with Gasteiger partial charge in [-0.05, 0) is 18.4 Å². The normalized spacial score (nSPS) is 12.2. The van der Waals surface area contributed by atoms with Gasteiger partial charge in [-0.25, -0.2) is 0 Å². The number of aryl methyl sites for hydroxylation is 1. The Hall–Kier alpha value is -2.93. The number of nitrogens with zero attached hydrogens (tertiary/aromatic N) is 4. The van der Waals surface area contributed by atoms with Crippen LogP contribution in [-0.4, -0.2) is 20.3 Å². The minimum absolute atomic E-state index is 0.313. The second-order valence-electron chi connectivity index (χ2n) is 6.64. The molecule has 4 aromatic rings. The fourth-order valence-corrected chi connectivity index (χ4v) is 3.42. The van der Waals surface area contributed by atoms with Crippen molar-refractivity contribution in [3.05, 3.63) is 77.5 Å². The van der Waals surface area contributed by atoms with E-state index in [1.54, 1.807) is 0 Å². The Balaban J connectivity index is 1.34. The molecule has 2 heterocycles. The molecule has 0 aliphatic carbocycles. The molecular formula is C21H20N4O2S. The zero-order valence-corrected chi connectivity index (χ0v) is 16.5. The third-order valence-electron chi connectivity index (χ3n) is 4.39. The van der Waals surface area contributed by atoms with Crippen molar-refractivity contribution >= 4 is 11.8 Å². The van der Waals surface area contributed by atoms with Crippen LogP contribution in [0.15, 0.2) is 68.8 Å². The first-order valence-corrected chi connectivity index (χ1v) is 10.1. The molecule has 1 unspecified atom stereocenters. The maximum Gasteiger partial charge on any atom is 0.277 e. The Morgan fingerprint density at radius 3 is 2.54 bits per heavy atom. The Labute approximate surface area is 167 Å². The topological polar surface area (TPSA) is 77.8 Å². The molecule has 142 valence electrons. The second kappa shape index (κ2) is 8.39. The van der Waals surface area contributed by atoms with E-state index in [9.17, 15) is 0 Å². The third-order valence-corrected chi connectivity index (χ3v) is 5.20. The molecule has 0 aliphatic rings. The van der Waals surface area contributed by atoms with Crippen molar-refractivity contribution in [2.45, 2.75) is 37.2 Å². The highest BCUT2D eigenvalue weighted by molar-refractivity contribution is 7.98. The maximum atomic E-state index is 5.75. The first kappa shape index (κ1) is 18.4. The molecule has 0 amide bonds. The van der Waals surface area contributed by atoms with Gasteiger partial charge in [0.1, 0.15) is 0 Å². The first-order valence-electron chi connectivity index (χ1n) is 9.07. The van der Waals surface area contributed by atoms with Crippen molar-refractivity contribution in [2.75, 3.05) is 0 Å². The molecule has 0 bridgehead atoms. The average molecular weight is 392 g/mol. The van der Waals surface area contributed by atoms with Crippen LogP contribution >= 0.6 is 11.8 Å². The van der Waals surface area contributed by atoms with Crippen molar-refractivity contribution in [3.8, 4) is 11.4 Å². The standard InChI is InChI=1S/C21H20N4O2S/c1-14-8-10-17(11-9-14)20-22-19(27-25-20)13-28-21-24-23-18(26-21)12-15(2)16-6-4-3-5-7-16/h3-11,15H,12-13H2,1-2H3. The van der Waals surface area contributed by atoms with Crippen LogP contribution in [-0.2, 0) is 12.2 Å². The van der Waals surface area contributed by atoms with Gasteiger partial charge in [-0.2, -0.15) is 4.98 Å². The van der Waals surface area contributed by atoms with Gasteiger partial charge in [0.25, 0.3) is 5.22 Å². The van der Waals surface area contributed by atoms with E-state index in [0.717, 1.165) is 5.56 Å². The number of hydrogen-bond donors (Lipinski definition) is 0. The smallest absolute Gasteiger partial charge is 0.277 e. The predicted molar refractivity (Wildman–Crippen MR) is 107 cm³/mol. The minimum Gasteiger partial charge on any atom is -0.416 e. The van der Waals surface area contributed by atoms with Crippen LogP contribution in [0.4, 0.5) is 0 Å². The first-order chi connectivity index (χ1) is 13.7. The second-order valence-corrected chi connectivity index (χ2v) is 7.57. The summed E-state index contributed by atoms with van der Waals surface area (Å²) in [6, 6.07) is 18.3. The summed E-state index contributed by atoms with van der Waals surface area (Å²) in [5, 5.41) is 12.8. The molecule has 0 saturated heterocycles. The highest BCUT2D eigenvalue weighted by Crippen LogP contribution is 2.25. The van der Waals surface area contributed by atoms with Gasteiger partial charge in [-0.1, -0.05) is 84.0 Å². The zero-order valence-electron chi connectivity index (χ0n) is 15.7. The van der Waals surface area contributed by atoms with Gasteiger partial charge >= 0.3 is 0 Å². The monoisotopic (exact) mass is 392 g/mol. The molecule has 4 rings (SSSR count). The van der Waals surface area contributed by atoms with Crippen LogP contribution < -0.4 is 0 Å². The molecule has 2 aromatic heterocycles. The molecular weight excluding hydrogens is 372 g/mol. The zero-order chi connectivity index (χ0) is 19.3. The molecule has 0 fully saturated rings. The summed E-state index contributed by atoms with van der Waals surface area (Å²) in [5.74, 6) is 2.53. The van der Waals surface area contributed by atoms with E-state index in [1.165, 1.54) is 22.9 Å². The molecule has 0 spiro atoms. The van der Waals surface area contributed by atoms with Crippen LogP contribution in [0.3, 0.4) is 0 Å². The summed E-state index contributed by atoms with van der Waals surface area (Å²) in [7, 11) is 0. The fourth-order valence-electron chi connectivity index (χ4n) is 2.80. The summed E-state index contributed by atoms with van der Waals surface area (Å²) >= 11 is 1.39. The van der Waals surface area contributed by atoms with E-state index in [4.69, 9.17) is 8.94 Å². The Kier molecular flexibility index (Phi) is 5.53. The number of rotatable bonds is 7. The van der Waals surface area contributed by atoms with Gasteiger partial charge in [-0.3, -0.25) is 0 Å². The van der Waals surface area contributed by atoms with Gasteiger partial charge in [0.05, 0.1) is 5.75 Å². The Morgan fingerprint density at radius 1 is 0.964 bits per heavy atom. The van der Waals surface area contributed by atoms with E-state index < -0.39 is 0 Å². The highest BCUT2D eigenvalue weighted by Gasteiger charge is 2.14. The lowest BCUT2D eigenvalue weighted by molar-refractivity contribution is 0.388. The Morgan fingerprint density at radius 2 is 1.75 bits per heavy atom. The number of benzene rings is 2. The Bertz CT molecular complexity index is 1030. The number of hydrogen-bond acceptors (Lipinski definition) is 7. The summed E-state index contributed by atoms with van der Waals surface area (Å²) in [6.07, 6.45) is 0.704. The third kappa shape index (κ3) is 4.48. The van der Waals surface area contributed by atoms with Gasteiger partial charge in [0, 0.05) is 12.0 Å². The van der Waals surface area contributed by atoms with Gasteiger partial charge in [0.15, 0.2) is 0 Å². The quantitative estimate of drug-likeness (QED) is 0.406. The van der Waals surface area contributed by atoms with Crippen molar-refractivity contribution < 1.29 is 8.94 Å². The van der Waals surface area contributed by atoms with Crippen molar-refractivity contribution in [2.24, 2.45) is 0 Å². The average Bonchev–Trinajstić information content (AvgIpc) is 3.37. The molecule has 7 heteroatoms. The van der Waals surface area contributed by atoms with E-state index in [2.05, 4.69) is 39.4 Å². The molecule has 0 saturated carbocycles. The fraction of sp³-hybridized carbons (Fsp3) is 0.238. The molecule has 0 aliphatic heterocycles. The highest BCUT2D eigenvalue weighted by atomic mass is 32.2. The number of aromatic nitrogens is 4. The molecule has 0 radical (unpaired) electrons. The molecule has 6 nitrogen and oxygen atoms in total. The van der Waals surface area contributed by atoms with Crippen LogP contribution in [0.2, 0.25) is 0 Å². The number of thioether (sulfide) groups is 1. The SMILES string of the molecule is Cc1ccc(-c2noc(CSc3nnc(CC(C)c4ccccc4)o3)n2)cc1. The van der Waals surface area contributed by atoms with E-state index in [0.29, 0.717) is 40.9 Å². The lowest BCUT2D eigenvalue weighted by Gasteiger charge is -2.08. The van der Waals surface area contributed by atoms with Crippen LogP contribution in [0.25, 0.3) is 11.4 Å².